The maximum Gasteiger partial charge on any atom is 0.120 e. The van der Waals surface area contributed by atoms with E-state index in [1.807, 2.05) is 23.9 Å². The molecule has 1 aliphatic rings. The zero-order valence-corrected chi connectivity index (χ0v) is 11.8. The molecule has 1 aromatic rings. The number of aliphatic hydroxyl groups is 1. The Kier molecular flexibility index (Phi) is 4.28. The number of hydrogen-bond donors (Lipinski definition) is 2. The molecule has 0 saturated heterocycles. The Morgan fingerprint density at radius 3 is 2.79 bits per heavy atom. The summed E-state index contributed by atoms with van der Waals surface area (Å²) in [7, 11) is 1.87. The van der Waals surface area contributed by atoms with Crippen molar-refractivity contribution in [3.8, 4) is 6.07 Å². The highest BCUT2D eigenvalue weighted by molar-refractivity contribution is 5.28. The van der Waals surface area contributed by atoms with E-state index in [2.05, 4.69) is 18.3 Å². The lowest BCUT2D eigenvalue weighted by atomic mass is 9.79. The van der Waals surface area contributed by atoms with E-state index >= 15 is 0 Å². The van der Waals surface area contributed by atoms with Crippen molar-refractivity contribution < 1.29 is 5.11 Å². The van der Waals surface area contributed by atoms with Gasteiger partial charge in [0.1, 0.15) is 11.8 Å². The number of rotatable bonds is 4. The second kappa shape index (κ2) is 5.77. The monoisotopic (exact) mass is 261 g/mol. The third-order valence-electron chi connectivity index (χ3n) is 4.16. The highest BCUT2D eigenvalue weighted by atomic mass is 16.3. The molecule has 1 saturated carbocycles. The second-order valence-electron chi connectivity index (χ2n) is 5.97. The summed E-state index contributed by atoms with van der Waals surface area (Å²) < 4.78 is 1.83. The average molecular weight is 261 g/mol. The Bertz CT molecular complexity index is 464. The summed E-state index contributed by atoms with van der Waals surface area (Å²) in [5, 5.41) is 22.7. The van der Waals surface area contributed by atoms with Crippen LogP contribution in [0.5, 0.6) is 0 Å². The average Bonchev–Trinajstić information content (AvgIpc) is 2.74. The third-order valence-corrected chi connectivity index (χ3v) is 4.16. The third kappa shape index (κ3) is 3.59. The van der Waals surface area contributed by atoms with Crippen molar-refractivity contribution in [1.82, 2.24) is 9.88 Å². The SMILES string of the molecule is CC1CCC(O)(CNCc2cc(C#N)n(C)c2)CC1. The molecule has 0 amide bonds. The number of aryl methyl sites for hydroxylation is 1. The largest absolute Gasteiger partial charge is 0.389 e. The summed E-state index contributed by atoms with van der Waals surface area (Å²) in [5.41, 5.74) is 1.22. The first-order valence-corrected chi connectivity index (χ1v) is 7.01. The maximum atomic E-state index is 10.5. The molecule has 1 fully saturated rings. The predicted molar refractivity (Wildman–Crippen MR) is 74.4 cm³/mol. The zero-order chi connectivity index (χ0) is 13.9. The Balaban J connectivity index is 1.81. The van der Waals surface area contributed by atoms with Crippen LogP contribution in [0.1, 0.15) is 43.9 Å². The first-order valence-electron chi connectivity index (χ1n) is 7.01. The van der Waals surface area contributed by atoms with Crippen LogP contribution in [0.4, 0.5) is 0 Å². The summed E-state index contributed by atoms with van der Waals surface area (Å²) in [6.07, 6.45) is 5.96. The van der Waals surface area contributed by atoms with Crippen LogP contribution < -0.4 is 5.32 Å². The van der Waals surface area contributed by atoms with Crippen LogP contribution in [0.15, 0.2) is 12.3 Å². The quantitative estimate of drug-likeness (QED) is 0.870. The van der Waals surface area contributed by atoms with Gasteiger partial charge in [-0.15, -0.1) is 0 Å². The molecule has 104 valence electrons. The minimum absolute atomic E-state index is 0.542. The van der Waals surface area contributed by atoms with Gasteiger partial charge in [-0.3, -0.25) is 0 Å². The van der Waals surface area contributed by atoms with E-state index in [0.29, 0.717) is 18.8 Å². The summed E-state index contributed by atoms with van der Waals surface area (Å²) in [5.74, 6) is 0.743. The van der Waals surface area contributed by atoms with E-state index in [4.69, 9.17) is 5.26 Å². The van der Waals surface area contributed by atoms with Crippen LogP contribution >= 0.6 is 0 Å². The van der Waals surface area contributed by atoms with Crippen LogP contribution in [0.25, 0.3) is 0 Å². The van der Waals surface area contributed by atoms with Crippen LogP contribution in [0.2, 0.25) is 0 Å². The van der Waals surface area contributed by atoms with Crippen LogP contribution in [-0.4, -0.2) is 21.8 Å². The van der Waals surface area contributed by atoms with Crippen LogP contribution in [0, 0.1) is 17.2 Å². The number of aromatic nitrogens is 1. The minimum atomic E-state index is -0.542. The fourth-order valence-corrected chi connectivity index (χ4v) is 2.76. The van der Waals surface area contributed by atoms with Crippen molar-refractivity contribution in [2.75, 3.05) is 6.54 Å². The van der Waals surface area contributed by atoms with Gasteiger partial charge in [-0.05, 0) is 43.2 Å². The highest BCUT2D eigenvalue weighted by Gasteiger charge is 2.31. The van der Waals surface area contributed by atoms with Crippen molar-refractivity contribution >= 4 is 0 Å². The second-order valence-corrected chi connectivity index (χ2v) is 5.97. The highest BCUT2D eigenvalue weighted by Crippen LogP contribution is 2.31. The molecule has 0 aromatic carbocycles. The molecule has 0 radical (unpaired) electrons. The Morgan fingerprint density at radius 2 is 2.21 bits per heavy atom. The molecule has 19 heavy (non-hydrogen) atoms. The summed E-state index contributed by atoms with van der Waals surface area (Å²) in [4.78, 5) is 0. The smallest absolute Gasteiger partial charge is 0.120 e. The molecular weight excluding hydrogens is 238 g/mol. The zero-order valence-electron chi connectivity index (χ0n) is 11.8. The molecule has 0 spiro atoms. The predicted octanol–water partition coefficient (Wildman–Crippen LogP) is 1.93. The fourth-order valence-electron chi connectivity index (χ4n) is 2.76. The number of nitrogens with one attached hydrogen (secondary N) is 1. The molecule has 4 nitrogen and oxygen atoms in total. The number of hydrogen-bond acceptors (Lipinski definition) is 3. The van der Waals surface area contributed by atoms with Gasteiger partial charge < -0.3 is 15.0 Å². The summed E-state index contributed by atoms with van der Waals surface area (Å²) in [6.45, 7) is 3.59. The van der Waals surface area contributed by atoms with Gasteiger partial charge >= 0.3 is 0 Å². The van der Waals surface area contributed by atoms with E-state index in [-0.39, 0.29) is 0 Å². The lowest BCUT2D eigenvalue weighted by Gasteiger charge is -2.35. The van der Waals surface area contributed by atoms with Crippen molar-refractivity contribution in [2.24, 2.45) is 13.0 Å². The van der Waals surface area contributed by atoms with E-state index in [1.54, 1.807) is 0 Å². The molecule has 4 heteroatoms. The van der Waals surface area contributed by atoms with Gasteiger partial charge in [-0.25, -0.2) is 0 Å². The summed E-state index contributed by atoms with van der Waals surface area (Å²) >= 11 is 0. The van der Waals surface area contributed by atoms with E-state index in [0.717, 1.165) is 37.2 Å². The molecule has 2 N–H and O–H groups in total. The van der Waals surface area contributed by atoms with Crippen LogP contribution in [0.3, 0.4) is 0 Å². The minimum Gasteiger partial charge on any atom is -0.389 e. The van der Waals surface area contributed by atoms with Gasteiger partial charge in [0.25, 0.3) is 0 Å². The van der Waals surface area contributed by atoms with E-state index in [9.17, 15) is 5.11 Å². The van der Waals surface area contributed by atoms with Crippen molar-refractivity contribution in [3.63, 3.8) is 0 Å². The molecule has 1 aromatic heterocycles. The standard InChI is InChI=1S/C15H23N3O/c1-12-3-5-15(19,6-4-12)11-17-9-13-7-14(8-16)18(2)10-13/h7,10,12,17,19H,3-6,9,11H2,1-2H3. The maximum absolute atomic E-state index is 10.5. The number of nitrogens with zero attached hydrogens (tertiary/aromatic N) is 2. The molecule has 0 aliphatic heterocycles. The van der Waals surface area contributed by atoms with E-state index in [1.165, 1.54) is 0 Å². The van der Waals surface area contributed by atoms with Gasteiger partial charge in [0.05, 0.1) is 5.60 Å². The molecule has 1 heterocycles. The van der Waals surface area contributed by atoms with Crippen molar-refractivity contribution in [2.45, 2.75) is 44.8 Å². The summed E-state index contributed by atoms with van der Waals surface area (Å²) in [6, 6.07) is 4.04. The Hall–Kier alpha value is -1.31. The van der Waals surface area contributed by atoms with Gasteiger partial charge in [0.15, 0.2) is 0 Å². The van der Waals surface area contributed by atoms with Gasteiger partial charge in [-0.1, -0.05) is 6.92 Å². The topological polar surface area (TPSA) is 61.0 Å². The molecule has 0 unspecified atom stereocenters. The van der Waals surface area contributed by atoms with Gasteiger partial charge in [0.2, 0.25) is 0 Å². The molecule has 0 atom stereocenters. The van der Waals surface area contributed by atoms with E-state index < -0.39 is 5.60 Å². The lowest BCUT2D eigenvalue weighted by molar-refractivity contribution is -0.00630. The fraction of sp³-hybridized carbons (Fsp3) is 0.667. The normalized spacial score (nSPS) is 27.2. The molecule has 0 bridgehead atoms. The first kappa shape index (κ1) is 14.1. The molecule has 1 aliphatic carbocycles. The van der Waals surface area contributed by atoms with Gasteiger partial charge in [-0.2, -0.15) is 5.26 Å². The Labute approximate surface area is 115 Å². The van der Waals surface area contributed by atoms with Crippen LogP contribution in [-0.2, 0) is 13.6 Å². The first-order chi connectivity index (χ1) is 9.02. The van der Waals surface area contributed by atoms with Crippen molar-refractivity contribution in [3.05, 3.63) is 23.5 Å². The number of nitriles is 1. The molecular formula is C15H23N3O. The Morgan fingerprint density at radius 1 is 1.53 bits per heavy atom. The lowest BCUT2D eigenvalue weighted by Crippen LogP contribution is -2.43. The van der Waals surface area contributed by atoms with Crippen molar-refractivity contribution in [1.29, 1.82) is 5.26 Å². The van der Waals surface area contributed by atoms with Gasteiger partial charge in [0, 0.05) is 26.3 Å². The molecule has 2 rings (SSSR count).